The maximum absolute atomic E-state index is 13.4. The number of benzene rings is 2. The SMILES string of the molecule is O=C(N/N=C\c1ccc(F)cc1F)c1cc(-c2ccccc2)n[nH]1. The lowest BCUT2D eigenvalue weighted by Crippen LogP contribution is -2.18. The van der Waals surface area contributed by atoms with Crippen molar-refractivity contribution in [3.8, 4) is 11.3 Å². The predicted molar refractivity (Wildman–Crippen MR) is 85.4 cm³/mol. The van der Waals surface area contributed by atoms with Gasteiger partial charge in [0.2, 0.25) is 0 Å². The minimum absolute atomic E-state index is 0.0614. The fraction of sp³-hybridized carbons (Fsp3) is 0. The monoisotopic (exact) mass is 326 g/mol. The van der Waals surface area contributed by atoms with Crippen molar-refractivity contribution in [3.63, 3.8) is 0 Å². The third-order valence-corrected chi connectivity index (χ3v) is 3.22. The molecule has 0 unspecified atom stereocenters. The Balaban J connectivity index is 1.67. The molecule has 0 aliphatic rings. The van der Waals surface area contributed by atoms with Crippen LogP contribution in [-0.2, 0) is 0 Å². The number of aromatic amines is 1. The Morgan fingerprint density at radius 2 is 1.92 bits per heavy atom. The first-order valence-corrected chi connectivity index (χ1v) is 7.03. The van der Waals surface area contributed by atoms with Gasteiger partial charge in [0.15, 0.2) is 0 Å². The Labute approximate surface area is 136 Å². The van der Waals surface area contributed by atoms with Gasteiger partial charge in [0.25, 0.3) is 5.91 Å². The number of nitrogens with zero attached hydrogens (tertiary/aromatic N) is 2. The van der Waals surface area contributed by atoms with Crippen LogP contribution in [0.2, 0.25) is 0 Å². The van der Waals surface area contributed by atoms with E-state index in [1.807, 2.05) is 30.3 Å². The van der Waals surface area contributed by atoms with Crippen LogP contribution in [0.1, 0.15) is 16.1 Å². The van der Waals surface area contributed by atoms with Gasteiger partial charge < -0.3 is 0 Å². The Kier molecular flexibility index (Phi) is 4.42. The van der Waals surface area contributed by atoms with E-state index in [-0.39, 0.29) is 11.3 Å². The Morgan fingerprint density at radius 3 is 2.67 bits per heavy atom. The summed E-state index contributed by atoms with van der Waals surface area (Å²) in [7, 11) is 0. The average molecular weight is 326 g/mol. The van der Waals surface area contributed by atoms with Crippen molar-refractivity contribution >= 4 is 12.1 Å². The second-order valence-corrected chi connectivity index (χ2v) is 4.90. The van der Waals surface area contributed by atoms with E-state index in [1.165, 1.54) is 6.07 Å². The molecule has 0 atom stereocenters. The Bertz CT molecular complexity index is 891. The molecule has 0 aliphatic heterocycles. The minimum atomic E-state index is -0.763. The number of H-pyrrole nitrogens is 1. The molecule has 0 spiro atoms. The molecule has 0 aliphatic carbocycles. The van der Waals surface area contributed by atoms with Gasteiger partial charge in [-0.05, 0) is 18.2 Å². The highest BCUT2D eigenvalue weighted by molar-refractivity contribution is 5.94. The largest absolute Gasteiger partial charge is 0.289 e. The number of nitrogens with one attached hydrogen (secondary N) is 2. The Morgan fingerprint density at radius 1 is 1.12 bits per heavy atom. The van der Waals surface area contributed by atoms with Crippen LogP contribution in [0.4, 0.5) is 8.78 Å². The highest BCUT2D eigenvalue weighted by atomic mass is 19.1. The van der Waals surface area contributed by atoms with Crippen molar-refractivity contribution in [2.75, 3.05) is 0 Å². The summed E-state index contributed by atoms with van der Waals surface area (Å²) in [5.74, 6) is -1.97. The molecular formula is C17H12F2N4O. The van der Waals surface area contributed by atoms with Crippen molar-refractivity contribution in [2.24, 2.45) is 5.10 Å². The van der Waals surface area contributed by atoms with E-state index in [2.05, 4.69) is 20.7 Å². The van der Waals surface area contributed by atoms with Gasteiger partial charge in [-0.15, -0.1) is 0 Å². The summed E-state index contributed by atoms with van der Waals surface area (Å²) >= 11 is 0. The van der Waals surface area contributed by atoms with Crippen molar-refractivity contribution in [2.45, 2.75) is 0 Å². The summed E-state index contributed by atoms with van der Waals surface area (Å²) in [6.07, 6.45) is 1.10. The number of carbonyl (C=O) groups is 1. The van der Waals surface area contributed by atoms with Crippen LogP contribution in [-0.4, -0.2) is 22.3 Å². The van der Waals surface area contributed by atoms with Crippen LogP contribution in [0.15, 0.2) is 59.7 Å². The molecule has 0 radical (unpaired) electrons. The normalized spacial score (nSPS) is 10.9. The summed E-state index contributed by atoms with van der Waals surface area (Å²) in [5.41, 5.74) is 4.01. The molecule has 7 heteroatoms. The molecule has 120 valence electrons. The van der Waals surface area contributed by atoms with Crippen LogP contribution in [0.3, 0.4) is 0 Å². The van der Waals surface area contributed by atoms with Crippen molar-refractivity contribution in [3.05, 3.63) is 77.5 Å². The van der Waals surface area contributed by atoms with Gasteiger partial charge in [0, 0.05) is 17.2 Å². The summed E-state index contributed by atoms with van der Waals surface area (Å²) in [6.45, 7) is 0. The summed E-state index contributed by atoms with van der Waals surface area (Å²) < 4.78 is 26.2. The number of aromatic nitrogens is 2. The quantitative estimate of drug-likeness (QED) is 0.571. The molecule has 0 saturated heterocycles. The van der Waals surface area contributed by atoms with Crippen LogP contribution in [0.5, 0.6) is 0 Å². The number of hydrogen-bond donors (Lipinski definition) is 2. The molecule has 0 fully saturated rings. The van der Waals surface area contributed by atoms with E-state index in [0.717, 1.165) is 23.9 Å². The van der Waals surface area contributed by atoms with E-state index in [9.17, 15) is 13.6 Å². The summed E-state index contributed by atoms with van der Waals surface area (Å²) in [4.78, 5) is 12.0. The fourth-order valence-corrected chi connectivity index (χ4v) is 2.02. The first-order valence-electron chi connectivity index (χ1n) is 7.03. The van der Waals surface area contributed by atoms with Crippen molar-refractivity contribution < 1.29 is 13.6 Å². The molecule has 1 amide bonds. The van der Waals surface area contributed by atoms with Crippen LogP contribution >= 0.6 is 0 Å². The van der Waals surface area contributed by atoms with E-state index < -0.39 is 17.5 Å². The van der Waals surface area contributed by atoms with E-state index in [0.29, 0.717) is 5.69 Å². The molecule has 0 saturated carbocycles. The molecule has 3 rings (SSSR count). The lowest BCUT2D eigenvalue weighted by Gasteiger charge is -1.97. The van der Waals surface area contributed by atoms with Crippen LogP contribution in [0, 0.1) is 11.6 Å². The molecule has 1 heterocycles. The summed E-state index contributed by atoms with van der Waals surface area (Å²) in [5, 5.41) is 10.3. The van der Waals surface area contributed by atoms with Gasteiger partial charge >= 0.3 is 0 Å². The third kappa shape index (κ3) is 3.52. The number of hydrazone groups is 1. The van der Waals surface area contributed by atoms with E-state index >= 15 is 0 Å². The van der Waals surface area contributed by atoms with Gasteiger partial charge in [-0.2, -0.15) is 10.2 Å². The lowest BCUT2D eigenvalue weighted by molar-refractivity contribution is 0.0950. The lowest BCUT2D eigenvalue weighted by atomic mass is 10.1. The molecule has 5 nitrogen and oxygen atoms in total. The van der Waals surface area contributed by atoms with Crippen molar-refractivity contribution in [1.82, 2.24) is 15.6 Å². The number of amides is 1. The molecule has 2 aromatic carbocycles. The fourth-order valence-electron chi connectivity index (χ4n) is 2.02. The van der Waals surface area contributed by atoms with Gasteiger partial charge in [-0.1, -0.05) is 30.3 Å². The average Bonchev–Trinajstić information content (AvgIpc) is 3.08. The van der Waals surface area contributed by atoms with E-state index in [4.69, 9.17) is 0 Å². The molecule has 0 bridgehead atoms. The number of halogens is 2. The van der Waals surface area contributed by atoms with Gasteiger partial charge in [-0.25, -0.2) is 14.2 Å². The first kappa shape index (κ1) is 15.5. The molecular weight excluding hydrogens is 314 g/mol. The number of carbonyl (C=O) groups excluding carboxylic acids is 1. The number of rotatable bonds is 4. The maximum atomic E-state index is 13.4. The smallest absolute Gasteiger partial charge is 0.272 e. The zero-order chi connectivity index (χ0) is 16.9. The zero-order valence-corrected chi connectivity index (χ0v) is 12.3. The minimum Gasteiger partial charge on any atom is -0.272 e. The first-order chi connectivity index (χ1) is 11.6. The van der Waals surface area contributed by atoms with E-state index in [1.54, 1.807) is 6.07 Å². The molecule has 2 N–H and O–H groups in total. The second kappa shape index (κ2) is 6.82. The van der Waals surface area contributed by atoms with Crippen molar-refractivity contribution in [1.29, 1.82) is 0 Å². The molecule has 3 aromatic rings. The second-order valence-electron chi connectivity index (χ2n) is 4.90. The van der Waals surface area contributed by atoms with Crippen LogP contribution < -0.4 is 5.43 Å². The highest BCUT2D eigenvalue weighted by Crippen LogP contribution is 2.16. The van der Waals surface area contributed by atoms with Gasteiger partial charge in [0.05, 0.1) is 11.9 Å². The van der Waals surface area contributed by atoms with Gasteiger partial charge in [0.1, 0.15) is 17.3 Å². The van der Waals surface area contributed by atoms with Crippen LogP contribution in [0.25, 0.3) is 11.3 Å². The van der Waals surface area contributed by atoms with Gasteiger partial charge in [-0.3, -0.25) is 9.89 Å². The summed E-state index contributed by atoms with van der Waals surface area (Å²) in [6, 6.07) is 14.0. The highest BCUT2D eigenvalue weighted by Gasteiger charge is 2.10. The maximum Gasteiger partial charge on any atom is 0.289 e. The topological polar surface area (TPSA) is 70.1 Å². The standard InChI is InChI=1S/C17H12F2N4O/c18-13-7-6-12(14(19)8-13)10-20-23-17(24)16-9-15(21-22-16)11-4-2-1-3-5-11/h1-10H,(H,21,22)(H,23,24)/b20-10-. The molecule has 1 aromatic heterocycles. The predicted octanol–water partition coefficient (Wildman–Crippen LogP) is 3.12. The molecule has 24 heavy (non-hydrogen) atoms. The number of hydrogen-bond acceptors (Lipinski definition) is 3. The Hall–Kier alpha value is -3.35. The third-order valence-electron chi connectivity index (χ3n) is 3.22. The zero-order valence-electron chi connectivity index (χ0n) is 12.3.